The van der Waals surface area contributed by atoms with Gasteiger partial charge in [0, 0.05) is 18.1 Å². The van der Waals surface area contributed by atoms with Crippen LogP contribution >= 0.6 is 23.2 Å². The highest BCUT2D eigenvalue weighted by Gasteiger charge is 2.14. The first-order chi connectivity index (χ1) is 9.02. The number of aryl methyl sites for hydroxylation is 2. The van der Waals surface area contributed by atoms with Crippen LogP contribution in [0.1, 0.15) is 18.3 Å². The Kier molecular flexibility index (Phi) is 4.22. The summed E-state index contributed by atoms with van der Waals surface area (Å²) in [5.41, 5.74) is 8.04. The smallest absolute Gasteiger partial charge is 0.144 e. The van der Waals surface area contributed by atoms with E-state index in [4.69, 9.17) is 33.7 Å². The second-order valence-corrected chi connectivity index (χ2v) is 4.97. The van der Waals surface area contributed by atoms with Gasteiger partial charge >= 0.3 is 0 Å². The van der Waals surface area contributed by atoms with E-state index in [9.17, 15) is 0 Å². The molecule has 0 bridgehead atoms. The number of ether oxygens (including phenoxy) is 1. The molecule has 1 aromatic heterocycles. The number of nitrogen functional groups attached to an aromatic ring is 1. The van der Waals surface area contributed by atoms with E-state index in [1.54, 1.807) is 22.9 Å². The molecule has 2 aromatic rings. The van der Waals surface area contributed by atoms with Gasteiger partial charge in [-0.15, -0.1) is 0 Å². The summed E-state index contributed by atoms with van der Waals surface area (Å²) < 4.78 is 7.39. The van der Waals surface area contributed by atoms with Crippen molar-refractivity contribution in [3.63, 3.8) is 0 Å². The van der Waals surface area contributed by atoms with Crippen molar-refractivity contribution >= 4 is 28.9 Å². The molecular formula is C13H15Cl2N3O. The van der Waals surface area contributed by atoms with Crippen LogP contribution in [0.15, 0.2) is 18.2 Å². The van der Waals surface area contributed by atoms with Gasteiger partial charge in [-0.1, -0.05) is 30.1 Å². The van der Waals surface area contributed by atoms with Crippen molar-refractivity contribution in [1.29, 1.82) is 0 Å². The maximum atomic E-state index is 6.25. The summed E-state index contributed by atoms with van der Waals surface area (Å²) in [6, 6.07) is 5.11. The third-order valence-corrected chi connectivity index (χ3v) is 3.51. The molecule has 0 aliphatic carbocycles. The number of nitrogens with two attached hydrogens (primary N) is 1. The third-order valence-electron chi connectivity index (χ3n) is 2.84. The highest BCUT2D eigenvalue weighted by Crippen LogP contribution is 2.28. The molecule has 1 aromatic carbocycles. The van der Waals surface area contributed by atoms with Crippen molar-refractivity contribution in [2.75, 3.05) is 5.73 Å². The van der Waals surface area contributed by atoms with Crippen LogP contribution in [0, 0.1) is 0 Å². The van der Waals surface area contributed by atoms with Gasteiger partial charge in [0.05, 0.1) is 22.1 Å². The molecule has 0 saturated heterocycles. The van der Waals surface area contributed by atoms with Crippen LogP contribution in [0.4, 0.5) is 5.69 Å². The number of benzene rings is 1. The van der Waals surface area contributed by atoms with Crippen molar-refractivity contribution < 1.29 is 4.74 Å². The van der Waals surface area contributed by atoms with Crippen LogP contribution in [-0.4, -0.2) is 9.78 Å². The average molecular weight is 300 g/mol. The zero-order chi connectivity index (χ0) is 14.0. The summed E-state index contributed by atoms with van der Waals surface area (Å²) in [6.07, 6.45) is 0.784. The summed E-state index contributed by atoms with van der Waals surface area (Å²) in [5.74, 6) is 0.544. The largest absolute Gasteiger partial charge is 0.485 e. The molecular weight excluding hydrogens is 285 g/mol. The quantitative estimate of drug-likeness (QED) is 0.880. The second-order valence-electron chi connectivity index (χ2n) is 4.16. The minimum absolute atomic E-state index is 0.298. The van der Waals surface area contributed by atoms with E-state index in [1.807, 2.05) is 14.0 Å². The first kappa shape index (κ1) is 14.0. The normalized spacial score (nSPS) is 10.7. The van der Waals surface area contributed by atoms with Crippen LogP contribution in [0.5, 0.6) is 5.75 Å². The summed E-state index contributed by atoms with van der Waals surface area (Å²) in [7, 11) is 1.84. The van der Waals surface area contributed by atoms with Gasteiger partial charge in [0.15, 0.2) is 0 Å². The highest BCUT2D eigenvalue weighted by molar-refractivity contribution is 6.32. The molecule has 0 unspecified atom stereocenters. The van der Waals surface area contributed by atoms with Gasteiger partial charge in [-0.3, -0.25) is 4.68 Å². The Morgan fingerprint density at radius 2 is 2.11 bits per heavy atom. The van der Waals surface area contributed by atoms with Crippen LogP contribution in [-0.2, 0) is 20.1 Å². The summed E-state index contributed by atoms with van der Waals surface area (Å²) in [6.45, 7) is 2.31. The number of halogens is 2. The molecule has 0 atom stereocenters. The molecule has 0 radical (unpaired) electrons. The lowest BCUT2D eigenvalue weighted by Crippen LogP contribution is -2.04. The Hall–Kier alpha value is -1.39. The van der Waals surface area contributed by atoms with Crippen molar-refractivity contribution in [2.24, 2.45) is 7.05 Å². The van der Waals surface area contributed by atoms with Crippen LogP contribution in [0.3, 0.4) is 0 Å². The minimum Gasteiger partial charge on any atom is -0.485 e. The molecule has 0 aliphatic heterocycles. The second kappa shape index (κ2) is 5.72. The van der Waals surface area contributed by atoms with Crippen LogP contribution in [0.2, 0.25) is 10.0 Å². The number of hydrogen-bond donors (Lipinski definition) is 1. The molecule has 2 N–H and O–H groups in total. The van der Waals surface area contributed by atoms with Gasteiger partial charge in [-0.25, -0.2) is 0 Å². The molecule has 102 valence electrons. The fraction of sp³-hybridized carbons (Fsp3) is 0.308. The molecule has 0 aliphatic rings. The van der Waals surface area contributed by atoms with Gasteiger partial charge in [0.2, 0.25) is 0 Å². The number of aromatic nitrogens is 2. The van der Waals surface area contributed by atoms with Crippen LogP contribution < -0.4 is 10.5 Å². The topological polar surface area (TPSA) is 53.1 Å². The Morgan fingerprint density at radius 1 is 1.37 bits per heavy atom. The average Bonchev–Trinajstić information content (AvgIpc) is 2.66. The van der Waals surface area contributed by atoms with Gasteiger partial charge in [-0.05, 0) is 18.6 Å². The Bertz CT molecular complexity index is 596. The fourth-order valence-electron chi connectivity index (χ4n) is 1.76. The van der Waals surface area contributed by atoms with Crippen molar-refractivity contribution in [3.05, 3.63) is 39.6 Å². The first-order valence-electron chi connectivity index (χ1n) is 5.91. The number of anilines is 1. The lowest BCUT2D eigenvalue weighted by Gasteiger charge is -2.09. The molecule has 19 heavy (non-hydrogen) atoms. The summed E-state index contributed by atoms with van der Waals surface area (Å²) in [4.78, 5) is 0. The highest BCUT2D eigenvalue weighted by atomic mass is 35.5. The van der Waals surface area contributed by atoms with E-state index >= 15 is 0 Å². The predicted octanol–water partition coefficient (Wildman–Crippen LogP) is 3.45. The maximum absolute atomic E-state index is 6.25. The SMILES string of the molecule is CCc1nn(C)c(COc2cc(Cl)ccc2N)c1Cl. The summed E-state index contributed by atoms with van der Waals surface area (Å²) in [5, 5.41) is 5.55. The van der Waals surface area contributed by atoms with Gasteiger partial charge in [0.1, 0.15) is 12.4 Å². The molecule has 0 spiro atoms. The molecule has 6 heteroatoms. The lowest BCUT2D eigenvalue weighted by atomic mass is 10.3. The minimum atomic E-state index is 0.298. The van der Waals surface area contributed by atoms with Crippen molar-refractivity contribution in [2.45, 2.75) is 20.0 Å². The zero-order valence-electron chi connectivity index (χ0n) is 10.8. The Morgan fingerprint density at radius 3 is 2.74 bits per heavy atom. The van der Waals surface area contributed by atoms with E-state index in [0.29, 0.717) is 28.1 Å². The third kappa shape index (κ3) is 2.96. The lowest BCUT2D eigenvalue weighted by molar-refractivity contribution is 0.296. The molecule has 0 fully saturated rings. The van der Waals surface area contributed by atoms with E-state index in [1.165, 1.54) is 0 Å². The van der Waals surface area contributed by atoms with Gasteiger partial charge in [-0.2, -0.15) is 5.10 Å². The monoisotopic (exact) mass is 299 g/mol. The number of nitrogens with zero attached hydrogens (tertiary/aromatic N) is 2. The van der Waals surface area contributed by atoms with Crippen molar-refractivity contribution in [1.82, 2.24) is 9.78 Å². The van der Waals surface area contributed by atoms with E-state index in [-0.39, 0.29) is 0 Å². The first-order valence-corrected chi connectivity index (χ1v) is 6.66. The van der Waals surface area contributed by atoms with E-state index in [0.717, 1.165) is 17.8 Å². The molecule has 2 rings (SSSR count). The maximum Gasteiger partial charge on any atom is 0.144 e. The van der Waals surface area contributed by atoms with Crippen molar-refractivity contribution in [3.8, 4) is 5.75 Å². The molecule has 0 amide bonds. The zero-order valence-corrected chi connectivity index (χ0v) is 12.3. The van der Waals surface area contributed by atoms with Gasteiger partial charge in [0.25, 0.3) is 0 Å². The Balaban J connectivity index is 2.19. The van der Waals surface area contributed by atoms with Crippen LogP contribution in [0.25, 0.3) is 0 Å². The molecule has 0 saturated carbocycles. The van der Waals surface area contributed by atoms with Gasteiger partial charge < -0.3 is 10.5 Å². The predicted molar refractivity (Wildman–Crippen MR) is 77.8 cm³/mol. The number of rotatable bonds is 4. The summed E-state index contributed by atoms with van der Waals surface area (Å²) >= 11 is 12.2. The van der Waals surface area contributed by atoms with E-state index < -0.39 is 0 Å². The Labute approximate surface area is 122 Å². The molecule has 4 nitrogen and oxygen atoms in total. The van der Waals surface area contributed by atoms with E-state index in [2.05, 4.69) is 5.10 Å². The standard InChI is InChI=1S/C13H15Cl2N3O/c1-3-10-13(15)11(18(2)17-10)7-19-12-6-8(14)4-5-9(12)16/h4-6H,3,7,16H2,1-2H3. The molecule has 1 heterocycles. The number of hydrogen-bond acceptors (Lipinski definition) is 3. The fourth-order valence-corrected chi connectivity index (χ4v) is 2.27.